The monoisotopic (exact) mass is 405 g/mol. The van der Waals surface area contributed by atoms with Crippen LogP contribution in [0.5, 0.6) is 11.5 Å². The van der Waals surface area contributed by atoms with Crippen molar-refractivity contribution in [2.75, 3.05) is 19.8 Å². The topological polar surface area (TPSA) is 56.6 Å². The maximum absolute atomic E-state index is 13.3. The molecule has 2 heterocycles. The van der Waals surface area contributed by atoms with Gasteiger partial charge < -0.3 is 14.4 Å². The number of hydrogen-bond acceptors (Lipinski definition) is 4. The lowest BCUT2D eigenvalue weighted by Gasteiger charge is -2.29. The predicted octanol–water partition coefficient (Wildman–Crippen LogP) is 4.18. The molecule has 0 fully saturated rings. The second-order valence-corrected chi connectivity index (χ2v) is 7.30. The van der Waals surface area contributed by atoms with Gasteiger partial charge in [-0.25, -0.2) is 4.68 Å². The molecule has 2 aromatic carbocycles. The van der Waals surface area contributed by atoms with E-state index in [1.54, 1.807) is 6.20 Å². The van der Waals surface area contributed by atoms with Gasteiger partial charge in [0.25, 0.3) is 5.91 Å². The number of rotatable bonds is 6. The minimum Gasteiger partial charge on any atom is -0.490 e. The van der Waals surface area contributed by atoms with Crippen LogP contribution in [0.1, 0.15) is 41.0 Å². The average Bonchev–Trinajstić information content (AvgIpc) is 3.15. The Morgan fingerprint density at radius 1 is 1.03 bits per heavy atom. The Balaban J connectivity index is 1.58. The summed E-state index contributed by atoms with van der Waals surface area (Å²) in [4.78, 5) is 15.2. The van der Waals surface area contributed by atoms with Crippen molar-refractivity contribution >= 4 is 5.91 Å². The first kappa shape index (κ1) is 20.0. The van der Waals surface area contributed by atoms with E-state index in [9.17, 15) is 4.79 Å². The van der Waals surface area contributed by atoms with Gasteiger partial charge in [0.15, 0.2) is 11.5 Å². The molecule has 0 radical (unpaired) electrons. The van der Waals surface area contributed by atoms with Crippen LogP contribution in [0.4, 0.5) is 0 Å². The first-order valence-electron chi connectivity index (χ1n) is 10.4. The second kappa shape index (κ2) is 8.61. The maximum atomic E-state index is 13.3. The summed E-state index contributed by atoms with van der Waals surface area (Å²) in [6, 6.07) is 13.9. The molecule has 156 valence electrons. The van der Waals surface area contributed by atoms with Crippen molar-refractivity contribution in [3.63, 3.8) is 0 Å². The lowest BCUT2D eigenvalue weighted by Crippen LogP contribution is -2.36. The SMILES string of the molecule is CCOc1cc2c(cc1OCC)CN(C(=O)c1cnn(-c3ccccc3)c1C)CC2. The standard InChI is InChI=1S/C24H27N3O3/c1-4-29-22-13-18-11-12-26(16-19(18)14-23(22)30-5-2)24(28)21-15-25-27(17(21)3)20-9-7-6-8-10-20/h6-10,13-15H,4-5,11-12,16H2,1-3H3. The molecule has 0 N–H and O–H groups in total. The van der Waals surface area contributed by atoms with E-state index < -0.39 is 0 Å². The van der Waals surface area contributed by atoms with Crippen molar-refractivity contribution in [2.45, 2.75) is 33.7 Å². The van der Waals surface area contributed by atoms with Gasteiger partial charge in [-0.2, -0.15) is 5.10 Å². The van der Waals surface area contributed by atoms with Crippen molar-refractivity contribution in [1.29, 1.82) is 0 Å². The van der Waals surface area contributed by atoms with Gasteiger partial charge in [0.05, 0.1) is 36.4 Å². The fourth-order valence-corrected chi connectivity index (χ4v) is 3.89. The highest BCUT2D eigenvalue weighted by molar-refractivity contribution is 5.95. The van der Waals surface area contributed by atoms with Crippen molar-refractivity contribution in [1.82, 2.24) is 14.7 Å². The summed E-state index contributed by atoms with van der Waals surface area (Å²) in [5.41, 5.74) is 4.75. The Morgan fingerprint density at radius 2 is 1.70 bits per heavy atom. The highest BCUT2D eigenvalue weighted by Crippen LogP contribution is 2.34. The van der Waals surface area contributed by atoms with Crippen LogP contribution in [0.25, 0.3) is 5.69 Å². The molecule has 4 rings (SSSR count). The number of carbonyl (C=O) groups is 1. The van der Waals surface area contributed by atoms with Gasteiger partial charge in [-0.15, -0.1) is 0 Å². The Kier molecular flexibility index (Phi) is 5.74. The van der Waals surface area contributed by atoms with Crippen molar-refractivity contribution in [3.8, 4) is 17.2 Å². The van der Waals surface area contributed by atoms with Crippen LogP contribution in [-0.4, -0.2) is 40.3 Å². The molecule has 6 heteroatoms. The van der Waals surface area contributed by atoms with Crippen LogP contribution in [0.15, 0.2) is 48.7 Å². The zero-order chi connectivity index (χ0) is 21.1. The quantitative estimate of drug-likeness (QED) is 0.617. The molecule has 1 amide bonds. The molecule has 0 bridgehead atoms. The minimum absolute atomic E-state index is 0.00664. The Hall–Kier alpha value is -3.28. The Morgan fingerprint density at radius 3 is 2.37 bits per heavy atom. The molecule has 0 atom stereocenters. The van der Waals surface area contributed by atoms with Crippen LogP contribution in [0.2, 0.25) is 0 Å². The molecule has 0 saturated carbocycles. The normalized spacial score (nSPS) is 13.1. The number of hydrogen-bond donors (Lipinski definition) is 0. The summed E-state index contributed by atoms with van der Waals surface area (Å²) in [6.45, 7) is 8.24. The summed E-state index contributed by atoms with van der Waals surface area (Å²) in [6.07, 6.45) is 2.46. The number of ether oxygens (including phenoxy) is 2. The minimum atomic E-state index is 0.00664. The molecule has 1 aliphatic heterocycles. The fourth-order valence-electron chi connectivity index (χ4n) is 3.89. The summed E-state index contributed by atoms with van der Waals surface area (Å²) in [5.74, 6) is 1.52. The number of benzene rings is 2. The summed E-state index contributed by atoms with van der Waals surface area (Å²) < 4.78 is 13.3. The molecule has 30 heavy (non-hydrogen) atoms. The van der Waals surface area contributed by atoms with Gasteiger partial charge in [0.1, 0.15) is 0 Å². The lowest BCUT2D eigenvalue weighted by atomic mass is 9.98. The van der Waals surface area contributed by atoms with E-state index in [0.29, 0.717) is 31.9 Å². The van der Waals surface area contributed by atoms with Crippen LogP contribution < -0.4 is 9.47 Å². The van der Waals surface area contributed by atoms with Gasteiger partial charge >= 0.3 is 0 Å². The first-order chi connectivity index (χ1) is 14.6. The second-order valence-electron chi connectivity index (χ2n) is 7.30. The van der Waals surface area contributed by atoms with Crippen LogP contribution in [0.3, 0.4) is 0 Å². The maximum Gasteiger partial charge on any atom is 0.257 e. The number of carbonyl (C=O) groups excluding carboxylic acids is 1. The Labute approximate surface area is 177 Å². The average molecular weight is 405 g/mol. The molecule has 6 nitrogen and oxygen atoms in total. The van der Waals surface area contributed by atoms with Gasteiger partial charge in [0.2, 0.25) is 0 Å². The summed E-state index contributed by atoms with van der Waals surface area (Å²) in [5, 5.41) is 4.45. The number of amides is 1. The van der Waals surface area contributed by atoms with Gasteiger partial charge in [0, 0.05) is 13.1 Å². The molecule has 0 spiro atoms. The van der Waals surface area contributed by atoms with E-state index in [1.807, 2.05) is 66.8 Å². The van der Waals surface area contributed by atoms with Crippen molar-refractivity contribution < 1.29 is 14.3 Å². The molecule has 1 aromatic heterocycles. The fraction of sp³-hybridized carbons (Fsp3) is 0.333. The third kappa shape index (κ3) is 3.77. The van der Waals surface area contributed by atoms with E-state index >= 15 is 0 Å². The van der Waals surface area contributed by atoms with E-state index in [0.717, 1.165) is 34.9 Å². The molecular weight excluding hydrogens is 378 g/mol. The molecule has 1 aliphatic rings. The summed E-state index contributed by atoms with van der Waals surface area (Å²) >= 11 is 0. The van der Waals surface area contributed by atoms with Crippen molar-refractivity contribution in [3.05, 3.63) is 71.0 Å². The van der Waals surface area contributed by atoms with E-state index in [-0.39, 0.29) is 5.91 Å². The van der Waals surface area contributed by atoms with Gasteiger partial charge in [-0.05, 0) is 62.6 Å². The van der Waals surface area contributed by atoms with E-state index in [1.165, 1.54) is 5.56 Å². The number of para-hydroxylation sites is 1. The largest absolute Gasteiger partial charge is 0.490 e. The zero-order valence-electron chi connectivity index (χ0n) is 17.7. The highest BCUT2D eigenvalue weighted by atomic mass is 16.5. The highest BCUT2D eigenvalue weighted by Gasteiger charge is 2.26. The molecular formula is C24H27N3O3. The third-order valence-electron chi connectivity index (χ3n) is 5.41. The lowest BCUT2D eigenvalue weighted by molar-refractivity contribution is 0.0733. The molecule has 3 aromatic rings. The Bertz CT molecular complexity index is 1040. The molecule has 0 unspecified atom stereocenters. The molecule has 0 aliphatic carbocycles. The number of fused-ring (bicyclic) bond motifs is 1. The van der Waals surface area contributed by atoms with E-state index in [2.05, 4.69) is 11.2 Å². The zero-order valence-corrected chi connectivity index (χ0v) is 17.7. The number of nitrogens with zero attached hydrogens (tertiary/aromatic N) is 3. The van der Waals surface area contributed by atoms with Gasteiger partial charge in [-0.1, -0.05) is 18.2 Å². The predicted molar refractivity (Wildman–Crippen MR) is 116 cm³/mol. The summed E-state index contributed by atoms with van der Waals surface area (Å²) in [7, 11) is 0. The third-order valence-corrected chi connectivity index (χ3v) is 5.41. The van der Waals surface area contributed by atoms with E-state index in [4.69, 9.17) is 9.47 Å². The van der Waals surface area contributed by atoms with Crippen LogP contribution in [-0.2, 0) is 13.0 Å². The van der Waals surface area contributed by atoms with Crippen LogP contribution >= 0.6 is 0 Å². The van der Waals surface area contributed by atoms with Crippen molar-refractivity contribution in [2.24, 2.45) is 0 Å². The smallest absolute Gasteiger partial charge is 0.257 e. The van der Waals surface area contributed by atoms with Gasteiger partial charge in [-0.3, -0.25) is 4.79 Å². The first-order valence-corrected chi connectivity index (χ1v) is 10.4. The van der Waals surface area contributed by atoms with Crippen LogP contribution in [0, 0.1) is 6.92 Å². The number of aromatic nitrogens is 2. The molecule has 0 saturated heterocycles.